The Hall–Kier alpha value is 0.986. The van der Waals surface area contributed by atoms with Gasteiger partial charge in [0, 0.05) is 0 Å². The molecule has 0 heterocycles. The first-order chi connectivity index (χ1) is 2.81. The highest BCUT2D eigenvalue weighted by Crippen LogP contribution is 1.95. The topological polar surface area (TPSA) is 0 Å². The predicted octanol–water partition coefficient (Wildman–Crippen LogP) is 1.92. The normalized spacial score (nSPS) is 7.00. The largest absolute Gasteiger partial charge is 0.501 e. The van der Waals surface area contributed by atoms with Crippen molar-refractivity contribution in [2.45, 2.75) is 13.3 Å². The van der Waals surface area contributed by atoms with Crippen molar-refractivity contribution in [1.82, 2.24) is 0 Å². The van der Waals surface area contributed by atoms with Gasteiger partial charge in [0.25, 0.3) is 0 Å². The van der Waals surface area contributed by atoms with Gasteiger partial charge in [-0.15, -0.1) is 6.58 Å². The summed E-state index contributed by atoms with van der Waals surface area (Å²) in [5.41, 5.74) is 0. The van der Waals surface area contributed by atoms with Crippen LogP contribution in [0.3, 0.4) is 0 Å². The highest BCUT2D eigenvalue weighted by atomic mass is 79.9. The molecule has 0 bridgehead atoms. The van der Waals surface area contributed by atoms with Gasteiger partial charge in [-0.3, -0.25) is 12.9 Å². The van der Waals surface area contributed by atoms with Crippen LogP contribution < -0.4 is 0 Å². The quantitative estimate of drug-likeness (QED) is 0.540. The first-order valence-corrected chi connectivity index (χ1v) is 6.64. The summed E-state index contributed by atoms with van der Waals surface area (Å²) in [7, 11) is 0. The molecule has 0 N–H and O–H groups in total. The smallest absolute Gasteiger partial charge is 0.297 e. The number of allylic oxidation sites excluding steroid dienone is 1. The molecule has 0 nitrogen and oxygen atoms in total. The van der Waals surface area contributed by atoms with Gasteiger partial charge in [0.05, 0.1) is 0 Å². The average molecular weight is 159 g/mol. The molecule has 0 radical (unpaired) electrons. The molecule has 0 saturated carbocycles. The maximum absolute atomic E-state index is 3.81. The zero-order valence-electron chi connectivity index (χ0n) is 4.00. The van der Waals surface area contributed by atoms with E-state index in [4.69, 9.17) is 0 Å². The predicted molar refractivity (Wildman–Crippen MR) is 34.1 cm³/mol. The lowest BCUT2D eigenvalue weighted by molar-refractivity contribution is 1.20. The zero-order valence-corrected chi connectivity index (χ0v) is 7.00. The number of halogens is 1. The lowest BCUT2D eigenvalue weighted by Gasteiger charge is -1.86. The van der Waals surface area contributed by atoms with E-state index in [2.05, 4.69) is 26.4 Å². The van der Waals surface area contributed by atoms with E-state index in [9.17, 15) is 0 Å². The van der Waals surface area contributed by atoms with Crippen LogP contribution in [0.5, 0.6) is 0 Å². The molecule has 6 heavy (non-hydrogen) atoms. The van der Waals surface area contributed by atoms with E-state index in [1.165, 1.54) is 3.70 Å². The van der Waals surface area contributed by atoms with Gasteiger partial charge >= 0.3 is 18.2 Å². The van der Waals surface area contributed by atoms with Crippen LogP contribution in [0.25, 0.3) is 0 Å². The van der Waals surface area contributed by atoms with E-state index >= 15 is 0 Å². The third kappa shape index (κ3) is 3.19. The minimum atomic E-state index is -0.0436. The van der Waals surface area contributed by atoms with E-state index < -0.39 is 0 Å². The summed E-state index contributed by atoms with van der Waals surface area (Å²) in [5, 5.41) is 0. The number of hydrogen-bond acceptors (Lipinski definition) is 0. The third-order valence-electron chi connectivity index (χ3n) is 0.689. The minimum Gasteiger partial charge on any atom is -0.297 e. The molecule has 0 aromatic carbocycles. The first kappa shape index (κ1) is 6.99. The second-order valence-electron chi connectivity index (χ2n) is 1.24. The minimum absolute atomic E-state index is 0.0436. The van der Waals surface area contributed by atoms with Crippen LogP contribution in [0.15, 0.2) is 10.3 Å². The van der Waals surface area contributed by atoms with Gasteiger partial charge in [-0.25, -0.2) is 0 Å². The fourth-order valence-electron chi connectivity index (χ4n) is 0.0945. The summed E-state index contributed by atoms with van der Waals surface area (Å²) in [5.74, 6) is 0. The van der Waals surface area contributed by atoms with Crippen LogP contribution in [0.4, 0.5) is 0 Å². The van der Waals surface area contributed by atoms with E-state index in [1.807, 2.05) is 0 Å². The van der Waals surface area contributed by atoms with Crippen molar-refractivity contribution in [1.29, 1.82) is 0 Å². The Labute approximate surface area is 54.6 Å². The lowest BCUT2D eigenvalue weighted by atomic mass is 10.5. The van der Waals surface area contributed by atoms with Gasteiger partial charge in [0.15, 0.2) is 0 Å². The van der Waals surface area contributed by atoms with E-state index in [1.54, 1.807) is 0 Å². The van der Waals surface area contributed by atoms with Gasteiger partial charge in [0.2, 0.25) is 0 Å². The SMILES string of the molecule is C=[C](CC)[Mg][Br]. The van der Waals surface area contributed by atoms with Gasteiger partial charge < -0.3 is 0 Å². The second-order valence-corrected chi connectivity index (χ2v) is 4.19. The molecule has 0 rings (SSSR count). The Kier molecular flexibility index (Phi) is 4.84. The molecular weight excluding hydrogens is 152 g/mol. The monoisotopic (exact) mass is 158 g/mol. The molecule has 0 aliphatic rings. The molecule has 32 valence electrons. The van der Waals surface area contributed by atoms with Crippen molar-refractivity contribution >= 4 is 31.1 Å². The van der Waals surface area contributed by atoms with E-state index in [-0.39, 0.29) is 18.2 Å². The summed E-state index contributed by atoms with van der Waals surface area (Å²) < 4.78 is 1.40. The van der Waals surface area contributed by atoms with Crippen LogP contribution in [0, 0.1) is 0 Å². The molecule has 0 atom stereocenters. The van der Waals surface area contributed by atoms with Crippen LogP contribution >= 0.6 is 12.9 Å². The van der Waals surface area contributed by atoms with Crippen molar-refractivity contribution in [3.05, 3.63) is 10.3 Å². The third-order valence-corrected chi connectivity index (χ3v) is 3.95. The lowest BCUT2D eigenvalue weighted by Crippen LogP contribution is -1.79. The molecule has 0 aliphatic heterocycles. The molecule has 0 saturated heterocycles. The average Bonchev–Trinajstić information content (AvgIpc) is 1.65. The summed E-state index contributed by atoms with van der Waals surface area (Å²) >= 11 is 3.37. The first-order valence-electron chi connectivity index (χ1n) is 2.04. The maximum Gasteiger partial charge on any atom is 0.501 e. The van der Waals surface area contributed by atoms with Crippen LogP contribution in [0.2, 0.25) is 0 Å². The molecule has 0 fully saturated rings. The summed E-state index contributed by atoms with van der Waals surface area (Å²) in [6.45, 7) is 5.94. The molecular formula is C4H7BrMg. The molecule has 0 amide bonds. The fraction of sp³-hybridized carbons (Fsp3) is 0.500. The van der Waals surface area contributed by atoms with Crippen molar-refractivity contribution < 1.29 is 0 Å². The van der Waals surface area contributed by atoms with Crippen molar-refractivity contribution in [2.24, 2.45) is 0 Å². The second kappa shape index (κ2) is 4.15. The summed E-state index contributed by atoms with van der Waals surface area (Å²) in [6, 6.07) is 0. The van der Waals surface area contributed by atoms with Gasteiger partial charge in [-0.05, 0) is 0 Å². The molecule has 0 aromatic rings. The number of hydrogen-bond donors (Lipinski definition) is 0. The standard InChI is InChI=1S/C4H7.BrH.Mg/c1-3-4-2;;/h1,4H2,2H3;1H;/q;;+1/p-1. The molecule has 0 spiro atoms. The highest BCUT2D eigenvalue weighted by molar-refractivity contribution is 9.23. The summed E-state index contributed by atoms with van der Waals surface area (Å²) in [6.07, 6.45) is 1.15. The van der Waals surface area contributed by atoms with E-state index in [0.29, 0.717) is 0 Å². The van der Waals surface area contributed by atoms with Crippen molar-refractivity contribution in [2.75, 3.05) is 0 Å². The van der Waals surface area contributed by atoms with Crippen molar-refractivity contribution in [3.63, 3.8) is 0 Å². The Morgan fingerprint density at radius 3 is 2.50 bits per heavy atom. The Bertz CT molecular complexity index is 45.5. The molecule has 0 aliphatic carbocycles. The Balaban J connectivity index is 2.99. The molecule has 2 heteroatoms. The van der Waals surface area contributed by atoms with Gasteiger partial charge in [-0.1, -0.05) is 13.3 Å². The summed E-state index contributed by atoms with van der Waals surface area (Å²) in [4.78, 5) is 0. The van der Waals surface area contributed by atoms with E-state index in [0.717, 1.165) is 6.42 Å². The van der Waals surface area contributed by atoms with Crippen LogP contribution in [0.1, 0.15) is 13.3 Å². The zero-order chi connectivity index (χ0) is 4.99. The Morgan fingerprint density at radius 2 is 2.50 bits per heavy atom. The van der Waals surface area contributed by atoms with Crippen molar-refractivity contribution in [3.8, 4) is 0 Å². The number of rotatable bonds is 2. The Morgan fingerprint density at radius 1 is 2.00 bits per heavy atom. The van der Waals surface area contributed by atoms with Gasteiger partial charge in [0.1, 0.15) is 0 Å². The highest BCUT2D eigenvalue weighted by Gasteiger charge is 1.87. The molecule has 0 aromatic heterocycles. The van der Waals surface area contributed by atoms with Gasteiger partial charge in [-0.2, -0.15) is 3.70 Å². The maximum atomic E-state index is 3.81. The molecule has 0 unspecified atom stereocenters. The fourth-order valence-corrected chi connectivity index (χ4v) is 1.47. The van der Waals surface area contributed by atoms with Crippen LogP contribution in [-0.4, -0.2) is 18.2 Å². The van der Waals surface area contributed by atoms with Crippen LogP contribution in [-0.2, 0) is 0 Å².